The van der Waals surface area contributed by atoms with Crippen molar-refractivity contribution in [3.8, 4) is 6.07 Å². The van der Waals surface area contributed by atoms with E-state index >= 15 is 0 Å². The van der Waals surface area contributed by atoms with E-state index in [1.807, 2.05) is 6.07 Å². The summed E-state index contributed by atoms with van der Waals surface area (Å²) in [6.45, 7) is 0. The molecule has 0 bridgehead atoms. The van der Waals surface area contributed by atoms with Gasteiger partial charge in [-0.2, -0.15) is 18.4 Å². The van der Waals surface area contributed by atoms with E-state index in [9.17, 15) is 37.9 Å². The average molecular weight is 524 g/mol. The first kappa shape index (κ1) is 25.5. The van der Waals surface area contributed by atoms with Crippen LogP contribution in [-0.4, -0.2) is 40.0 Å². The van der Waals surface area contributed by atoms with Gasteiger partial charge in [-0.15, -0.1) is 0 Å². The van der Waals surface area contributed by atoms with Crippen LogP contribution in [0.1, 0.15) is 54.8 Å². The van der Waals surface area contributed by atoms with Crippen molar-refractivity contribution in [3.05, 3.63) is 76.5 Å². The third-order valence-corrected chi connectivity index (χ3v) is 7.19. The second kappa shape index (κ2) is 9.61. The number of carbonyl (C=O) groups is 3. The van der Waals surface area contributed by atoms with Crippen LogP contribution in [0.3, 0.4) is 0 Å². The van der Waals surface area contributed by atoms with Crippen molar-refractivity contribution in [2.75, 3.05) is 4.90 Å². The summed E-state index contributed by atoms with van der Waals surface area (Å²) < 4.78 is 40.5. The molecular weight excluding hydrogens is 501 g/mol. The number of aliphatic hydroxyl groups excluding tert-OH is 1. The predicted octanol–water partition coefficient (Wildman–Crippen LogP) is 4.80. The fourth-order valence-electron chi connectivity index (χ4n) is 5.35. The molecule has 1 unspecified atom stereocenters. The molecule has 0 spiro atoms. The number of alkyl halides is 3. The Balaban J connectivity index is 1.66. The zero-order valence-corrected chi connectivity index (χ0v) is 20.0. The summed E-state index contributed by atoms with van der Waals surface area (Å²) in [5.74, 6) is -0.336. The Morgan fingerprint density at radius 2 is 1.82 bits per heavy atom. The van der Waals surface area contributed by atoms with E-state index in [0.29, 0.717) is 30.4 Å². The van der Waals surface area contributed by atoms with Crippen molar-refractivity contribution in [1.82, 2.24) is 10.2 Å². The molecule has 2 aromatic rings. The van der Waals surface area contributed by atoms with E-state index in [4.69, 9.17) is 0 Å². The summed E-state index contributed by atoms with van der Waals surface area (Å²) in [6, 6.07) is 8.65. The van der Waals surface area contributed by atoms with Gasteiger partial charge in [-0.3, -0.25) is 9.69 Å². The van der Waals surface area contributed by atoms with Crippen LogP contribution in [0.5, 0.6) is 0 Å². The molecular formula is C27H23F3N4O4. The normalized spacial score (nSPS) is 23.5. The second-order valence-electron chi connectivity index (χ2n) is 9.51. The molecule has 0 aromatic heterocycles. The van der Waals surface area contributed by atoms with Crippen LogP contribution in [-0.2, 0) is 11.0 Å². The Morgan fingerprint density at radius 3 is 2.45 bits per heavy atom. The highest BCUT2D eigenvalue weighted by atomic mass is 19.4. The number of ketones is 1. The molecule has 1 fully saturated rings. The van der Waals surface area contributed by atoms with Crippen molar-refractivity contribution in [2.45, 2.75) is 56.5 Å². The summed E-state index contributed by atoms with van der Waals surface area (Å²) in [5, 5.41) is 22.1. The topological polar surface area (TPSA) is 114 Å². The van der Waals surface area contributed by atoms with Gasteiger partial charge in [-0.25, -0.2) is 14.5 Å². The number of nitrogens with one attached hydrogen (secondary N) is 1. The summed E-state index contributed by atoms with van der Waals surface area (Å²) in [5.41, 5.74) is -0.00512. The summed E-state index contributed by atoms with van der Waals surface area (Å²) in [4.78, 5) is 42.6. The monoisotopic (exact) mass is 524 g/mol. The fourth-order valence-corrected chi connectivity index (χ4v) is 5.35. The maximum atomic E-state index is 14.0. The molecule has 0 radical (unpaired) electrons. The second-order valence-corrected chi connectivity index (χ2v) is 9.51. The number of imide groups is 1. The summed E-state index contributed by atoms with van der Waals surface area (Å²) >= 11 is 0. The van der Waals surface area contributed by atoms with Gasteiger partial charge >= 0.3 is 18.2 Å². The minimum Gasteiger partial charge on any atom is -0.391 e. The number of amides is 4. The van der Waals surface area contributed by atoms with Gasteiger partial charge in [0.2, 0.25) is 0 Å². The molecule has 8 nitrogen and oxygen atoms in total. The molecule has 5 rings (SSSR count). The number of Topliss-reactive ketones (excluding diaryl/α,β-unsaturated/α-hetero) is 1. The molecule has 1 saturated carbocycles. The van der Waals surface area contributed by atoms with Gasteiger partial charge in [0.25, 0.3) is 0 Å². The number of allylic oxidation sites excluding steroid dienone is 1. The maximum absolute atomic E-state index is 14.0. The third-order valence-electron chi connectivity index (χ3n) is 7.19. The molecule has 4 amide bonds. The lowest BCUT2D eigenvalue weighted by atomic mass is 9.92. The smallest absolute Gasteiger partial charge is 0.391 e. The summed E-state index contributed by atoms with van der Waals surface area (Å²) in [7, 11) is 0. The molecule has 196 valence electrons. The van der Waals surface area contributed by atoms with Gasteiger partial charge in [-0.05, 0) is 61.6 Å². The highest BCUT2D eigenvalue weighted by molar-refractivity contribution is 6.12. The van der Waals surface area contributed by atoms with Crippen molar-refractivity contribution in [2.24, 2.45) is 0 Å². The average Bonchev–Trinajstić information content (AvgIpc) is 3.47. The number of aliphatic hydroxyl groups is 1. The predicted molar refractivity (Wildman–Crippen MR) is 129 cm³/mol. The Kier molecular flexibility index (Phi) is 6.44. The highest BCUT2D eigenvalue weighted by Crippen LogP contribution is 2.45. The molecule has 11 heteroatoms. The zero-order chi connectivity index (χ0) is 27.2. The van der Waals surface area contributed by atoms with Crippen LogP contribution in [0, 0.1) is 11.3 Å². The number of nitriles is 1. The van der Waals surface area contributed by atoms with Gasteiger partial charge in [0.15, 0.2) is 5.78 Å². The molecule has 1 aliphatic heterocycles. The number of benzene rings is 2. The Labute approximate surface area is 215 Å². The molecule has 2 N–H and O–H groups in total. The number of hydrogen-bond donors (Lipinski definition) is 2. The Morgan fingerprint density at radius 1 is 1.08 bits per heavy atom. The van der Waals surface area contributed by atoms with Crippen LogP contribution in [0.4, 0.5) is 28.4 Å². The summed E-state index contributed by atoms with van der Waals surface area (Å²) in [6.07, 6.45) is -3.71. The van der Waals surface area contributed by atoms with E-state index in [1.165, 1.54) is 30.3 Å². The van der Waals surface area contributed by atoms with Crippen molar-refractivity contribution in [1.29, 1.82) is 5.26 Å². The van der Waals surface area contributed by atoms with Crippen molar-refractivity contribution < 1.29 is 32.7 Å². The van der Waals surface area contributed by atoms with Crippen LogP contribution < -0.4 is 10.2 Å². The van der Waals surface area contributed by atoms with Crippen LogP contribution in [0.2, 0.25) is 0 Å². The minimum atomic E-state index is -4.67. The van der Waals surface area contributed by atoms with Crippen molar-refractivity contribution >= 4 is 23.5 Å². The lowest BCUT2D eigenvalue weighted by molar-refractivity contribution is -0.137. The van der Waals surface area contributed by atoms with Crippen LogP contribution in [0.25, 0.3) is 0 Å². The molecule has 1 heterocycles. The first-order valence-corrected chi connectivity index (χ1v) is 12.2. The van der Waals surface area contributed by atoms with Crippen LogP contribution >= 0.6 is 0 Å². The van der Waals surface area contributed by atoms with Gasteiger partial charge in [0.05, 0.1) is 41.1 Å². The van der Waals surface area contributed by atoms with E-state index in [2.05, 4.69) is 5.32 Å². The number of rotatable bonds is 3. The Hall–Kier alpha value is -4.17. The van der Waals surface area contributed by atoms with Crippen molar-refractivity contribution in [3.63, 3.8) is 0 Å². The molecule has 2 aliphatic carbocycles. The first-order valence-electron chi connectivity index (χ1n) is 12.2. The van der Waals surface area contributed by atoms with E-state index in [0.717, 1.165) is 28.0 Å². The third kappa shape index (κ3) is 4.41. The van der Waals surface area contributed by atoms with E-state index in [-0.39, 0.29) is 35.6 Å². The molecule has 2 aromatic carbocycles. The van der Waals surface area contributed by atoms with Gasteiger partial charge in [0.1, 0.15) is 0 Å². The van der Waals surface area contributed by atoms with E-state index < -0.39 is 42.0 Å². The fraction of sp³-hybridized carbons (Fsp3) is 0.333. The first-order chi connectivity index (χ1) is 18.1. The number of urea groups is 2. The van der Waals surface area contributed by atoms with E-state index in [1.54, 1.807) is 0 Å². The number of carbonyl (C=O) groups excluding carboxylic acids is 3. The molecule has 0 saturated heterocycles. The Bertz CT molecular complexity index is 1380. The van der Waals surface area contributed by atoms with Crippen LogP contribution in [0.15, 0.2) is 59.8 Å². The SMILES string of the molecule is N#Cc1ccc(C2C3=C(CCC3=O)N(c3cccc(C(F)(F)F)c3)C(=O)N2C(=O)N[C@@H]2CCC[C@H]2O)cc1. The van der Waals surface area contributed by atoms with Gasteiger partial charge in [0, 0.05) is 17.7 Å². The maximum Gasteiger partial charge on any atom is 0.416 e. The largest absolute Gasteiger partial charge is 0.416 e. The minimum absolute atomic E-state index is 0.0248. The number of anilines is 1. The molecule has 3 aliphatic rings. The lowest BCUT2D eigenvalue weighted by Gasteiger charge is -2.41. The number of hydrogen-bond acceptors (Lipinski definition) is 5. The quantitative estimate of drug-likeness (QED) is 0.599. The van der Waals surface area contributed by atoms with Gasteiger partial charge in [-0.1, -0.05) is 18.2 Å². The van der Waals surface area contributed by atoms with Gasteiger partial charge < -0.3 is 10.4 Å². The molecule has 3 atom stereocenters. The zero-order valence-electron chi connectivity index (χ0n) is 20.0. The number of halogens is 3. The standard InChI is InChI=1S/C27H23F3N4O4/c28-27(29,30)17-3-1-4-18(13-17)33-20-11-12-22(36)23(20)24(16-9-7-15(14-31)8-10-16)34(26(33)38)25(37)32-19-5-2-6-21(19)35/h1,3-4,7-10,13,19,21,24,35H,2,5-6,11-12H2,(H,32,37)/t19-,21-,24?/m1/s1. The lowest BCUT2D eigenvalue weighted by Crippen LogP contribution is -2.57. The molecule has 38 heavy (non-hydrogen) atoms. The highest BCUT2D eigenvalue weighted by Gasteiger charge is 2.49. The number of nitrogens with zero attached hydrogens (tertiary/aromatic N) is 3.